The molecular weight excluding hydrogens is 175 g/mol. The molecule has 1 aromatic carbocycles. The van der Waals surface area contributed by atoms with Crippen LogP contribution in [0.4, 0.5) is 4.39 Å². The molecule has 1 aliphatic heterocycles. The number of aryl methyl sites for hydroxylation is 1. The zero-order valence-electron chi connectivity index (χ0n) is 6.56. The Labute approximate surface area is 74.0 Å². The third kappa shape index (κ3) is 1.05. The zero-order chi connectivity index (χ0) is 8.72. The standard InChI is InChI=1S/C9H7FOS/c1-5-2-9-6(3-7(5)10)8(11)4-12-9/h2-3H,4H2,1H3. The molecule has 0 unspecified atom stereocenters. The number of fused-ring (bicyclic) bond motifs is 1. The summed E-state index contributed by atoms with van der Waals surface area (Å²) < 4.78 is 13.0. The molecule has 0 saturated heterocycles. The van der Waals surface area contributed by atoms with E-state index in [-0.39, 0.29) is 11.6 Å². The van der Waals surface area contributed by atoms with Crippen LogP contribution < -0.4 is 0 Å². The zero-order valence-corrected chi connectivity index (χ0v) is 7.37. The maximum atomic E-state index is 13.0. The summed E-state index contributed by atoms with van der Waals surface area (Å²) in [4.78, 5) is 12.1. The van der Waals surface area contributed by atoms with E-state index in [4.69, 9.17) is 0 Å². The Morgan fingerprint density at radius 1 is 1.50 bits per heavy atom. The fraction of sp³-hybridized carbons (Fsp3) is 0.222. The number of halogens is 1. The lowest BCUT2D eigenvalue weighted by atomic mass is 10.1. The van der Waals surface area contributed by atoms with Gasteiger partial charge in [-0.2, -0.15) is 0 Å². The molecule has 2 rings (SSSR count). The average Bonchev–Trinajstić information content (AvgIpc) is 2.35. The molecule has 0 aromatic heterocycles. The quantitative estimate of drug-likeness (QED) is 0.613. The van der Waals surface area contributed by atoms with Gasteiger partial charge in [0, 0.05) is 10.5 Å². The van der Waals surface area contributed by atoms with Gasteiger partial charge < -0.3 is 0 Å². The molecule has 0 spiro atoms. The van der Waals surface area contributed by atoms with Crippen LogP contribution in [0.2, 0.25) is 0 Å². The van der Waals surface area contributed by atoms with Gasteiger partial charge in [0.2, 0.25) is 0 Å². The van der Waals surface area contributed by atoms with Crippen LogP contribution >= 0.6 is 11.8 Å². The Morgan fingerprint density at radius 3 is 3.00 bits per heavy atom. The molecule has 0 N–H and O–H groups in total. The second-order valence-corrected chi connectivity index (χ2v) is 3.83. The van der Waals surface area contributed by atoms with Crippen molar-refractivity contribution in [1.82, 2.24) is 0 Å². The number of carbonyl (C=O) groups excluding carboxylic acids is 1. The molecule has 1 aromatic rings. The SMILES string of the molecule is Cc1cc2c(cc1F)C(=O)CS2. The summed E-state index contributed by atoms with van der Waals surface area (Å²) in [5.41, 5.74) is 1.15. The van der Waals surface area contributed by atoms with Crippen LogP contribution in [0.25, 0.3) is 0 Å². The maximum Gasteiger partial charge on any atom is 0.174 e. The Hall–Kier alpha value is -0.830. The van der Waals surface area contributed by atoms with Crippen LogP contribution in [0.5, 0.6) is 0 Å². The second kappa shape index (κ2) is 2.59. The fourth-order valence-corrected chi connectivity index (χ4v) is 2.24. The van der Waals surface area contributed by atoms with Crippen LogP contribution in [0.15, 0.2) is 17.0 Å². The highest BCUT2D eigenvalue weighted by atomic mass is 32.2. The van der Waals surface area contributed by atoms with Gasteiger partial charge in [-0.25, -0.2) is 4.39 Å². The first-order valence-corrected chi connectivity index (χ1v) is 4.63. The minimum Gasteiger partial charge on any atom is -0.293 e. The van der Waals surface area contributed by atoms with Gasteiger partial charge in [0.15, 0.2) is 5.78 Å². The van der Waals surface area contributed by atoms with Gasteiger partial charge in [-0.15, -0.1) is 11.8 Å². The van der Waals surface area contributed by atoms with Gasteiger partial charge >= 0.3 is 0 Å². The molecule has 1 heterocycles. The van der Waals surface area contributed by atoms with E-state index in [1.165, 1.54) is 17.8 Å². The molecule has 1 aliphatic rings. The summed E-state index contributed by atoms with van der Waals surface area (Å²) >= 11 is 1.48. The van der Waals surface area contributed by atoms with Gasteiger partial charge in [-0.05, 0) is 24.6 Å². The van der Waals surface area contributed by atoms with Gasteiger partial charge in [-0.3, -0.25) is 4.79 Å². The molecule has 0 amide bonds. The highest BCUT2D eigenvalue weighted by Gasteiger charge is 2.21. The lowest BCUT2D eigenvalue weighted by Crippen LogP contribution is -1.96. The summed E-state index contributed by atoms with van der Waals surface area (Å²) in [6.45, 7) is 1.71. The Kier molecular flexibility index (Phi) is 1.68. The van der Waals surface area contributed by atoms with Crippen molar-refractivity contribution in [1.29, 1.82) is 0 Å². The predicted octanol–water partition coefficient (Wildman–Crippen LogP) is 2.42. The number of rotatable bonds is 0. The van der Waals surface area contributed by atoms with Gasteiger partial charge in [-0.1, -0.05) is 0 Å². The number of carbonyl (C=O) groups is 1. The van der Waals surface area contributed by atoms with Crippen molar-refractivity contribution < 1.29 is 9.18 Å². The van der Waals surface area contributed by atoms with E-state index >= 15 is 0 Å². The molecule has 3 heteroatoms. The minimum absolute atomic E-state index is 0.0360. The molecule has 0 fully saturated rings. The number of hydrogen-bond acceptors (Lipinski definition) is 2. The fourth-order valence-electron chi connectivity index (χ4n) is 1.21. The van der Waals surface area contributed by atoms with Crippen LogP contribution in [0.1, 0.15) is 15.9 Å². The number of Topliss-reactive ketones (excluding diaryl/α,β-unsaturated/α-hetero) is 1. The summed E-state index contributed by atoms with van der Waals surface area (Å²) in [6, 6.07) is 3.08. The Morgan fingerprint density at radius 2 is 2.25 bits per heavy atom. The van der Waals surface area contributed by atoms with E-state index in [1.54, 1.807) is 13.0 Å². The first kappa shape index (κ1) is 7.80. The van der Waals surface area contributed by atoms with Crippen LogP contribution in [0, 0.1) is 12.7 Å². The van der Waals surface area contributed by atoms with Gasteiger partial charge in [0.1, 0.15) is 5.82 Å². The summed E-state index contributed by atoms with van der Waals surface area (Å²) in [6.07, 6.45) is 0. The van der Waals surface area contributed by atoms with Crippen molar-refractivity contribution in [2.75, 3.05) is 5.75 Å². The lowest BCUT2D eigenvalue weighted by molar-refractivity contribution is 0.102. The number of ketones is 1. The molecular formula is C9H7FOS. The van der Waals surface area contributed by atoms with E-state index in [1.807, 2.05) is 0 Å². The third-order valence-corrected chi connectivity index (χ3v) is 2.98. The molecule has 0 atom stereocenters. The minimum atomic E-state index is -0.287. The van der Waals surface area contributed by atoms with E-state index in [0.717, 1.165) is 4.90 Å². The van der Waals surface area contributed by atoms with E-state index in [2.05, 4.69) is 0 Å². The molecule has 0 radical (unpaired) electrons. The van der Waals surface area contributed by atoms with Crippen LogP contribution in [-0.4, -0.2) is 11.5 Å². The molecule has 0 bridgehead atoms. The van der Waals surface area contributed by atoms with Crippen molar-refractivity contribution in [2.24, 2.45) is 0 Å². The maximum absolute atomic E-state index is 13.0. The smallest absolute Gasteiger partial charge is 0.174 e. The highest BCUT2D eigenvalue weighted by molar-refractivity contribution is 8.00. The summed E-state index contributed by atoms with van der Waals surface area (Å²) in [5.74, 6) is 0.205. The normalized spacial score (nSPS) is 15.0. The molecule has 1 nitrogen and oxygen atoms in total. The van der Waals surface area contributed by atoms with E-state index in [0.29, 0.717) is 16.9 Å². The van der Waals surface area contributed by atoms with E-state index < -0.39 is 0 Å². The topological polar surface area (TPSA) is 17.1 Å². The lowest BCUT2D eigenvalue weighted by Gasteiger charge is -1.99. The van der Waals surface area contributed by atoms with Crippen LogP contribution in [-0.2, 0) is 0 Å². The average molecular weight is 182 g/mol. The van der Waals surface area contributed by atoms with Crippen molar-refractivity contribution in [3.8, 4) is 0 Å². The molecule has 0 saturated carbocycles. The number of hydrogen-bond donors (Lipinski definition) is 0. The first-order valence-electron chi connectivity index (χ1n) is 3.64. The summed E-state index contributed by atoms with van der Waals surface area (Å²) in [7, 11) is 0. The molecule has 12 heavy (non-hydrogen) atoms. The van der Waals surface area contributed by atoms with Crippen molar-refractivity contribution in [2.45, 2.75) is 11.8 Å². The molecule has 0 aliphatic carbocycles. The first-order chi connectivity index (χ1) is 5.68. The Bertz CT molecular complexity index is 360. The van der Waals surface area contributed by atoms with Crippen molar-refractivity contribution in [3.05, 3.63) is 29.1 Å². The van der Waals surface area contributed by atoms with Crippen molar-refractivity contribution in [3.63, 3.8) is 0 Å². The van der Waals surface area contributed by atoms with Crippen molar-refractivity contribution >= 4 is 17.5 Å². The third-order valence-electron chi connectivity index (χ3n) is 1.92. The Balaban J connectivity index is 2.63. The van der Waals surface area contributed by atoms with Gasteiger partial charge in [0.25, 0.3) is 0 Å². The number of benzene rings is 1. The van der Waals surface area contributed by atoms with E-state index in [9.17, 15) is 9.18 Å². The van der Waals surface area contributed by atoms with Gasteiger partial charge in [0.05, 0.1) is 5.75 Å². The number of thioether (sulfide) groups is 1. The summed E-state index contributed by atoms with van der Waals surface area (Å²) in [5, 5.41) is 0. The predicted molar refractivity (Wildman–Crippen MR) is 46.2 cm³/mol. The second-order valence-electron chi connectivity index (χ2n) is 2.81. The van der Waals surface area contributed by atoms with Crippen LogP contribution in [0.3, 0.4) is 0 Å². The highest BCUT2D eigenvalue weighted by Crippen LogP contribution is 2.32. The molecule has 62 valence electrons. The monoisotopic (exact) mass is 182 g/mol. The largest absolute Gasteiger partial charge is 0.293 e.